The Kier molecular flexibility index (Phi) is 10.7. The zero-order chi connectivity index (χ0) is 35.8. The normalized spacial score (nSPS) is 16.6. The molecule has 0 spiro atoms. The highest BCUT2D eigenvalue weighted by Crippen LogP contribution is 2.48. The highest BCUT2D eigenvalue weighted by Gasteiger charge is 2.40. The number of aliphatic hydroxyl groups excluding tert-OH is 1. The molecule has 0 aromatic heterocycles. The Hall–Kier alpha value is -3.25. The van der Waals surface area contributed by atoms with Gasteiger partial charge in [0.1, 0.15) is 48.1 Å². The molecule has 0 radical (unpaired) electrons. The first kappa shape index (κ1) is 37.0. The number of rotatable bonds is 11. The maximum absolute atomic E-state index is 12.1. The Bertz CT molecular complexity index is 1650. The number of phenolic OH excluding ortho intramolecular Hbond substituents is 1. The van der Waals surface area contributed by atoms with Crippen LogP contribution in [-0.4, -0.2) is 64.6 Å². The highest BCUT2D eigenvalue weighted by atomic mass is 28.4. The van der Waals surface area contributed by atoms with Crippen LogP contribution in [0, 0.1) is 0 Å². The number of nitrogens with zero attached hydrogens (tertiary/aromatic N) is 1. The minimum atomic E-state index is -2.11. The summed E-state index contributed by atoms with van der Waals surface area (Å²) in [5.74, 6) is 2.91. The van der Waals surface area contributed by atoms with Gasteiger partial charge in [0, 0.05) is 41.0 Å². The molecule has 1 atom stereocenters. The van der Waals surface area contributed by atoms with Crippen molar-refractivity contribution in [1.29, 1.82) is 0 Å². The Morgan fingerprint density at radius 1 is 0.755 bits per heavy atom. The molecule has 3 aromatic rings. The van der Waals surface area contributed by atoms with Crippen molar-refractivity contribution < 1.29 is 28.5 Å². The van der Waals surface area contributed by atoms with Gasteiger partial charge in [-0.25, -0.2) is 0 Å². The molecular formula is C40H57NO6Si2. The quantitative estimate of drug-likeness (QED) is 0.193. The fourth-order valence-electron chi connectivity index (χ4n) is 5.77. The standard InChI is InChI=1S/C40H57NO6Si2/c1-39(2,3)48(7,8)46-30-17-19-32(35(42)25-30)34-27-45-36-26-31(47-49(9,10)40(4,5)6)18-20-33(36)37(34)38(43)28-13-15-29(16-14-28)44-24-23-41-21-11-12-22-41/h13-20,25-26,38,42-43H,11-12,21-24,27H2,1-10H3. The van der Waals surface area contributed by atoms with Gasteiger partial charge >= 0.3 is 0 Å². The number of fused-ring (bicyclic) bond motifs is 1. The van der Waals surface area contributed by atoms with Crippen molar-refractivity contribution in [1.82, 2.24) is 4.90 Å². The molecule has 2 heterocycles. The van der Waals surface area contributed by atoms with Crippen LogP contribution in [0.2, 0.25) is 36.3 Å². The molecule has 0 saturated carbocycles. The van der Waals surface area contributed by atoms with Crippen LogP contribution in [0.15, 0.2) is 60.7 Å². The molecule has 7 nitrogen and oxygen atoms in total. The fraction of sp³-hybridized carbons (Fsp3) is 0.500. The third kappa shape index (κ3) is 8.39. The maximum Gasteiger partial charge on any atom is 0.250 e. The van der Waals surface area contributed by atoms with E-state index in [0.29, 0.717) is 29.2 Å². The minimum absolute atomic E-state index is 0.0175. The lowest BCUT2D eigenvalue weighted by Crippen LogP contribution is -2.43. The summed E-state index contributed by atoms with van der Waals surface area (Å²) in [5.41, 5.74) is 3.51. The topological polar surface area (TPSA) is 80.6 Å². The van der Waals surface area contributed by atoms with Crippen LogP contribution in [0.25, 0.3) is 11.1 Å². The van der Waals surface area contributed by atoms with Gasteiger partial charge in [-0.1, -0.05) is 53.7 Å². The largest absolute Gasteiger partial charge is 0.543 e. The van der Waals surface area contributed by atoms with Crippen LogP contribution in [0.3, 0.4) is 0 Å². The fourth-order valence-corrected chi connectivity index (χ4v) is 7.82. The van der Waals surface area contributed by atoms with Gasteiger partial charge in [0.25, 0.3) is 0 Å². The van der Waals surface area contributed by atoms with Crippen LogP contribution >= 0.6 is 0 Å². The number of aliphatic hydroxyl groups is 1. The second kappa shape index (κ2) is 14.2. The van der Waals surface area contributed by atoms with E-state index in [-0.39, 0.29) is 22.4 Å². The summed E-state index contributed by atoms with van der Waals surface area (Å²) in [7, 11) is -4.20. The van der Waals surface area contributed by atoms with Gasteiger partial charge in [-0.05, 0) is 104 Å². The molecule has 2 N–H and O–H groups in total. The second-order valence-electron chi connectivity index (χ2n) is 16.6. The lowest BCUT2D eigenvalue weighted by Gasteiger charge is -2.37. The second-order valence-corrected chi connectivity index (χ2v) is 26.1. The first-order chi connectivity index (χ1) is 22.9. The molecule has 3 aromatic carbocycles. The molecular weight excluding hydrogens is 647 g/mol. The van der Waals surface area contributed by atoms with Crippen LogP contribution in [0.5, 0.6) is 28.7 Å². The van der Waals surface area contributed by atoms with E-state index in [1.54, 1.807) is 6.07 Å². The van der Waals surface area contributed by atoms with E-state index < -0.39 is 22.7 Å². The molecule has 2 aliphatic rings. The van der Waals surface area contributed by atoms with Crippen molar-refractivity contribution in [3.8, 4) is 28.7 Å². The molecule has 5 rings (SSSR count). The number of phenols is 1. The maximum atomic E-state index is 12.1. The van der Waals surface area contributed by atoms with Gasteiger partial charge < -0.3 is 28.5 Å². The Morgan fingerprint density at radius 2 is 1.29 bits per heavy atom. The molecule has 0 amide bonds. The van der Waals surface area contributed by atoms with Gasteiger partial charge in [-0.15, -0.1) is 0 Å². The van der Waals surface area contributed by atoms with E-state index in [1.165, 1.54) is 12.8 Å². The first-order valence-corrected chi connectivity index (χ1v) is 23.5. The van der Waals surface area contributed by atoms with Crippen LogP contribution in [-0.2, 0) is 0 Å². The van der Waals surface area contributed by atoms with Gasteiger partial charge in [-0.3, -0.25) is 4.90 Å². The lowest BCUT2D eigenvalue weighted by atomic mass is 9.86. The first-order valence-electron chi connectivity index (χ1n) is 17.7. The van der Waals surface area contributed by atoms with Gasteiger partial charge in [0.05, 0.1) is 0 Å². The summed E-state index contributed by atoms with van der Waals surface area (Å²) in [4.78, 5) is 2.43. The molecule has 9 heteroatoms. The van der Waals surface area contributed by atoms with Crippen molar-refractivity contribution in [2.24, 2.45) is 0 Å². The Labute approximate surface area is 296 Å². The molecule has 0 bridgehead atoms. The molecule has 49 heavy (non-hydrogen) atoms. The SMILES string of the molecule is CC(C)(C)[Si](C)(C)Oc1ccc(C2=C(C(O)c3ccc(OCCN4CCCC4)cc3)c3ccc(O[Si](C)(C)C(C)(C)C)cc3OC2)c(O)c1. The number of likely N-dealkylation sites (tertiary alicyclic amines) is 1. The van der Waals surface area contributed by atoms with Crippen LogP contribution < -0.4 is 18.3 Å². The zero-order valence-corrected chi connectivity index (χ0v) is 33.3. The third-order valence-corrected chi connectivity index (χ3v) is 19.7. The van der Waals surface area contributed by atoms with E-state index in [0.717, 1.165) is 47.8 Å². The highest BCUT2D eigenvalue weighted by molar-refractivity contribution is 6.75. The van der Waals surface area contributed by atoms with Crippen LogP contribution in [0.1, 0.15) is 77.2 Å². The predicted molar refractivity (Wildman–Crippen MR) is 205 cm³/mol. The smallest absolute Gasteiger partial charge is 0.250 e. The lowest BCUT2D eigenvalue weighted by molar-refractivity contribution is 0.232. The van der Waals surface area contributed by atoms with Crippen molar-refractivity contribution in [3.05, 3.63) is 77.4 Å². The van der Waals surface area contributed by atoms with E-state index in [4.69, 9.17) is 18.3 Å². The van der Waals surface area contributed by atoms with E-state index >= 15 is 0 Å². The zero-order valence-electron chi connectivity index (χ0n) is 31.3. The summed E-state index contributed by atoms with van der Waals surface area (Å²) in [5, 5.41) is 23.6. The van der Waals surface area contributed by atoms with Gasteiger partial charge in [-0.2, -0.15) is 0 Å². The Morgan fingerprint density at radius 3 is 1.84 bits per heavy atom. The number of ether oxygens (including phenoxy) is 2. The van der Waals surface area contributed by atoms with E-state index in [2.05, 4.69) is 72.6 Å². The number of hydrogen-bond donors (Lipinski definition) is 2. The third-order valence-electron chi connectivity index (χ3n) is 10.9. The molecule has 1 unspecified atom stereocenters. The molecule has 1 saturated heterocycles. The van der Waals surface area contributed by atoms with Gasteiger partial charge in [0.15, 0.2) is 0 Å². The Balaban J connectivity index is 1.49. The number of aromatic hydroxyl groups is 1. The van der Waals surface area contributed by atoms with E-state index in [1.807, 2.05) is 54.6 Å². The van der Waals surface area contributed by atoms with Crippen molar-refractivity contribution in [2.75, 3.05) is 32.8 Å². The summed E-state index contributed by atoms with van der Waals surface area (Å²) >= 11 is 0. The van der Waals surface area contributed by atoms with Gasteiger partial charge in [0.2, 0.25) is 16.6 Å². The molecule has 0 aliphatic carbocycles. The average molecular weight is 704 g/mol. The molecule has 266 valence electrons. The predicted octanol–water partition coefficient (Wildman–Crippen LogP) is 9.67. The van der Waals surface area contributed by atoms with Crippen molar-refractivity contribution in [2.45, 2.75) is 96.8 Å². The van der Waals surface area contributed by atoms with Crippen molar-refractivity contribution in [3.63, 3.8) is 0 Å². The molecule has 1 fully saturated rings. The average Bonchev–Trinajstić information content (AvgIpc) is 3.53. The van der Waals surface area contributed by atoms with Crippen LogP contribution in [0.4, 0.5) is 0 Å². The molecule has 2 aliphatic heterocycles. The van der Waals surface area contributed by atoms with Crippen molar-refractivity contribution >= 4 is 27.8 Å². The summed E-state index contributed by atoms with van der Waals surface area (Å²) in [6, 6.07) is 19.0. The minimum Gasteiger partial charge on any atom is -0.543 e. The summed E-state index contributed by atoms with van der Waals surface area (Å²) in [6.45, 7) is 26.1. The number of hydrogen-bond acceptors (Lipinski definition) is 7. The summed E-state index contributed by atoms with van der Waals surface area (Å²) < 4.78 is 25.5. The summed E-state index contributed by atoms with van der Waals surface area (Å²) in [6.07, 6.45) is 1.54. The number of benzene rings is 3. The van der Waals surface area contributed by atoms with E-state index in [9.17, 15) is 10.2 Å². The monoisotopic (exact) mass is 703 g/mol.